The molecule has 0 heterocycles. The third kappa shape index (κ3) is 5.37. The monoisotopic (exact) mass is 157 g/mol. The van der Waals surface area contributed by atoms with Gasteiger partial charge in [0.2, 0.25) is 0 Å². The van der Waals surface area contributed by atoms with Crippen LogP contribution >= 0.6 is 0 Å². The number of hydrogen-bond donors (Lipinski definition) is 0. The van der Waals surface area contributed by atoms with E-state index >= 15 is 0 Å². The first-order valence-electron chi connectivity index (χ1n) is 3.26. The lowest BCUT2D eigenvalue weighted by Crippen LogP contribution is -2.18. The van der Waals surface area contributed by atoms with E-state index in [9.17, 15) is 4.79 Å². The Hall–Kier alpha value is -1.08. The minimum atomic E-state index is -0.503. The normalized spacial score (nSPS) is 11.7. The second kappa shape index (κ2) is 5.69. The molecular weight excluding hydrogens is 146 g/mol. The third-order valence-corrected chi connectivity index (χ3v) is 0.957. The molecule has 0 aromatic carbocycles. The van der Waals surface area contributed by atoms with Gasteiger partial charge >= 0.3 is 5.97 Å². The second-order valence-electron chi connectivity index (χ2n) is 2.09. The molecule has 0 radical (unpaired) electrons. The maximum Gasteiger partial charge on any atom is 0.320 e. The van der Waals surface area contributed by atoms with E-state index in [0.29, 0.717) is 6.61 Å². The Morgan fingerprint density at radius 3 is 2.82 bits per heavy atom. The topological polar surface area (TPSA) is 59.3 Å². The summed E-state index contributed by atoms with van der Waals surface area (Å²) < 4.78 is 9.47. The first kappa shape index (κ1) is 9.92. The van der Waals surface area contributed by atoms with Crippen LogP contribution in [0.4, 0.5) is 0 Å². The molecule has 0 aliphatic rings. The van der Waals surface area contributed by atoms with E-state index in [1.165, 1.54) is 7.11 Å². The summed E-state index contributed by atoms with van der Waals surface area (Å²) >= 11 is 0. The Labute approximate surface area is 65.7 Å². The fourth-order valence-electron chi connectivity index (χ4n) is 0.599. The van der Waals surface area contributed by atoms with Crippen LogP contribution in [0.15, 0.2) is 0 Å². The highest BCUT2D eigenvalue weighted by atomic mass is 16.6. The van der Waals surface area contributed by atoms with Crippen molar-refractivity contribution in [3.63, 3.8) is 0 Å². The van der Waals surface area contributed by atoms with Gasteiger partial charge in [-0.2, -0.15) is 5.26 Å². The van der Waals surface area contributed by atoms with Gasteiger partial charge in [-0.3, -0.25) is 4.79 Å². The summed E-state index contributed by atoms with van der Waals surface area (Å²) in [6.45, 7) is 2.07. The SMILES string of the molecule is COC[C@H](C)OC(=O)CC#N. The summed E-state index contributed by atoms with van der Waals surface area (Å²) in [6, 6.07) is 1.70. The van der Waals surface area contributed by atoms with Gasteiger partial charge in [-0.05, 0) is 6.92 Å². The van der Waals surface area contributed by atoms with E-state index in [1.807, 2.05) is 0 Å². The first-order valence-corrected chi connectivity index (χ1v) is 3.26. The van der Waals surface area contributed by atoms with Crippen LogP contribution in [0.2, 0.25) is 0 Å². The Balaban J connectivity index is 3.50. The molecule has 0 amide bonds. The predicted molar refractivity (Wildman–Crippen MR) is 37.7 cm³/mol. The molecule has 4 nitrogen and oxygen atoms in total. The number of rotatable bonds is 4. The second-order valence-corrected chi connectivity index (χ2v) is 2.09. The highest BCUT2D eigenvalue weighted by Crippen LogP contribution is 1.93. The molecule has 11 heavy (non-hydrogen) atoms. The maximum absolute atomic E-state index is 10.6. The van der Waals surface area contributed by atoms with E-state index in [1.54, 1.807) is 13.0 Å². The summed E-state index contributed by atoms with van der Waals surface area (Å²) in [6.07, 6.45) is -0.477. The van der Waals surface area contributed by atoms with Gasteiger partial charge in [-0.15, -0.1) is 0 Å². The van der Waals surface area contributed by atoms with Gasteiger partial charge in [0.25, 0.3) is 0 Å². The summed E-state index contributed by atoms with van der Waals surface area (Å²) in [4.78, 5) is 10.6. The van der Waals surface area contributed by atoms with Crippen LogP contribution in [-0.2, 0) is 14.3 Å². The Kier molecular flexibility index (Phi) is 5.13. The number of ether oxygens (including phenoxy) is 2. The molecule has 0 N–H and O–H groups in total. The number of nitrogens with zero attached hydrogens (tertiary/aromatic N) is 1. The van der Waals surface area contributed by atoms with Gasteiger partial charge in [0, 0.05) is 7.11 Å². The zero-order valence-corrected chi connectivity index (χ0v) is 6.66. The fraction of sp³-hybridized carbons (Fsp3) is 0.714. The van der Waals surface area contributed by atoms with Gasteiger partial charge in [0.05, 0.1) is 12.7 Å². The molecule has 0 saturated carbocycles. The molecular formula is C7H11NO3. The number of esters is 1. The Morgan fingerprint density at radius 1 is 1.73 bits per heavy atom. The minimum Gasteiger partial charge on any atom is -0.459 e. The largest absolute Gasteiger partial charge is 0.459 e. The lowest BCUT2D eigenvalue weighted by molar-refractivity contribution is -0.149. The highest BCUT2D eigenvalue weighted by Gasteiger charge is 2.07. The smallest absolute Gasteiger partial charge is 0.320 e. The Bertz CT molecular complexity index is 162. The summed E-state index contributed by atoms with van der Waals surface area (Å²) in [5.41, 5.74) is 0. The van der Waals surface area contributed by atoms with Crippen molar-refractivity contribution >= 4 is 5.97 Å². The van der Waals surface area contributed by atoms with Crippen LogP contribution in [0.1, 0.15) is 13.3 Å². The van der Waals surface area contributed by atoms with Gasteiger partial charge in [0.15, 0.2) is 0 Å². The standard InChI is InChI=1S/C7H11NO3/c1-6(5-10-2)11-7(9)3-4-8/h6H,3,5H2,1-2H3/t6-/m0/s1. The van der Waals surface area contributed by atoms with Crippen LogP contribution in [-0.4, -0.2) is 25.8 Å². The van der Waals surface area contributed by atoms with Crippen LogP contribution < -0.4 is 0 Å². The van der Waals surface area contributed by atoms with E-state index < -0.39 is 5.97 Å². The quantitative estimate of drug-likeness (QED) is 0.557. The molecule has 0 rings (SSSR count). The summed E-state index contributed by atoms with van der Waals surface area (Å²) in [5.74, 6) is -0.503. The van der Waals surface area contributed by atoms with Crippen LogP contribution in [0, 0.1) is 11.3 Å². The van der Waals surface area contributed by atoms with Crippen molar-refractivity contribution in [3.05, 3.63) is 0 Å². The molecule has 62 valence electrons. The van der Waals surface area contributed by atoms with Crippen molar-refractivity contribution in [1.82, 2.24) is 0 Å². The van der Waals surface area contributed by atoms with Crippen molar-refractivity contribution in [1.29, 1.82) is 5.26 Å². The average Bonchev–Trinajstić information content (AvgIpc) is 1.87. The summed E-state index contributed by atoms with van der Waals surface area (Å²) in [5, 5.41) is 8.10. The molecule has 0 spiro atoms. The Morgan fingerprint density at radius 2 is 2.36 bits per heavy atom. The van der Waals surface area contributed by atoms with Crippen LogP contribution in [0.3, 0.4) is 0 Å². The molecule has 0 bridgehead atoms. The number of hydrogen-bond acceptors (Lipinski definition) is 4. The maximum atomic E-state index is 10.6. The van der Waals surface area contributed by atoms with Gasteiger partial charge in [0.1, 0.15) is 12.5 Å². The van der Waals surface area contributed by atoms with Crippen molar-refractivity contribution in [2.45, 2.75) is 19.4 Å². The predicted octanol–water partition coefficient (Wildman–Crippen LogP) is 0.478. The van der Waals surface area contributed by atoms with Gasteiger partial charge < -0.3 is 9.47 Å². The summed E-state index contributed by atoms with van der Waals surface area (Å²) in [7, 11) is 1.52. The number of carbonyl (C=O) groups is 1. The fourth-order valence-corrected chi connectivity index (χ4v) is 0.599. The molecule has 0 aromatic rings. The van der Waals surface area contributed by atoms with Gasteiger partial charge in [-0.1, -0.05) is 0 Å². The van der Waals surface area contributed by atoms with Crippen molar-refractivity contribution in [3.8, 4) is 6.07 Å². The zero-order chi connectivity index (χ0) is 8.69. The number of carbonyl (C=O) groups excluding carboxylic acids is 1. The molecule has 1 atom stereocenters. The van der Waals surface area contributed by atoms with Gasteiger partial charge in [-0.25, -0.2) is 0 Å². The van der Waals surface area contributed by atoms with Crippen molar-refractivity contribution in [2.24, 2.45) is 0 Å². The van der Waals surface area contributed by atoms with E-state index in [2.05, 4.69) is 0 Å². The highest BCUT2D eigenvalue weighted by molar-refractivity contribution is 5.71. The molecule has 0 unspecified atom stereocenters. The van der Waals surface area contributed by atoms with E-state index in [-0.39, 0.29) is 12.5 Å². The third-order valence-electron chi connectivity index (χ3n) is 0.957. The van der Waals surface area contributed by atoms with Crippen LogP contribution in [0.5, 0.6) is 0 Å². The molecule has 0 fully saturated rings. The minimum absolute atomic E-state index is 0.200. The molecule has 0 aromatic heterocycles. The molecule has 0 aliphatic carbocycles. The molecule has 0 aliphatic heterocycles. The number of methoxy groups -OCH3 is 1. The zero-order valence-electron chi connectivity index (χ0n) is 6.66. The van der Waals surface area contributed by atoms with Crippen molar-refractivity contribution in [2.75, 3.05) is 13.7 Å². The first-order chi connectivity index (χ1) is 5.20. The van der Waals surface area contributed by atoms with Crippen molar-refractivity contribution < 1.29 is 14.3 Å². The number of nitriles is 1. The molecule has 4 heteroatoms. The lowest BCUT2D eigenvalue weighted by Gasteiger charge is -2.09. The van der Waals surface area contributed by atoms with E-state index in [4.69, 9.17) is 14.7 Å². The van der Waals surface area contributed by atoms with Crippen LogP contribution in [0.25, 0.3) is 0 Å². The van der Waals surface area contributed by atoms with E-state index in [0.717, 1.165) is 0 Å². The lowest BCUT2D eigenvalue weighted by atomic mass is 10.4. The molecule has 0 saturated heterocycles. The average molecular weight is 157 g/mol.